The zero-order chi connectivity index (χ0) is 25.6. The van der Waals surface area contributed by atoms with Gasteiger partial charge in [-0.3, -0.25) is 0 Å². The van der Waals surface area contributed by atoms with Crippen LogP contribution in [0.1, 0.15) is 22.9 Å². The van der Waals surface area contributed by atoms with E-state index in [-0.39, 0.29) is 11.8 Å². The van der Waals surface area contributed by atoms with Crippen molar-refractivity contribution >= 4 is 22.6 Å². The molecule has 1 atom stereocenters. The topological polar surface area (TPSA) is 91.7 Å². The highest BCUT2D eigenvalue weighted by molar-refractivity contribution is 5.86. The van der Waals surface area contributed by atoms with Gasteiger partial charge in [-0.1, -0.05) is 48.5 Å². The molecule has 182 valence electrons. The third-order valence-electron chi connectivity index (χ3n) is 5.07. The number of rotatable bonds is 5. The molecular weight excluding hydrogens is 461 g/mol. The van der Waals surface area contributed by atoms with Crippen LogP contribution in [-0.4, -0.2) is 34.5 Å². The number of phenols is 1. The Balaban J connectivity index is 0.000000429. The van der Waals surface area contributed by atoms with Gasteiger partial charge in [0.1, 0.15) is 17.0 Å². The lowest BCUT2D eigenvalue weighted by atomic mass is 9.95. The number of methoxy groups -OCH3 is 1. The smallest absolute Gasteiger partial charge is 0.490 e. The van der Waals surface area contributed by atoms with Crippen LogP contribution in [0.2, 0.25) is 0 Å². The fourth-order valence-electron chi connectivity index (χ4n) is 3.38. The molecule has 0 radical (unpaired) electrons. The number of nitrogens with one attached hydrogen (secondary N) is 1. The minimum absolute atomic E-state index is 0.192. The fourth-order valence-corrected chi connectivity index (χ4v) is 3.38. The molecule has 4 aromatic rings. The quantitative estimate of drug-likeness (QED) is 0.317. The normalized spacial score (nSPS) is 11.8. The number of carboxylic acid groups (broad SMARTS) is 1. The van der Waals surface area contributed by atoms with Crippen LogP contribution in [0.5, 0.6) is 11.5 Å². The first-order valence-corrected chi connectivity index (χ1v) is 10.4. The molecule has 1 heterocycles. The highest BCUT2D eigenvalue weighted by Gasteiger charge is 2.38. The van der Waals surface area contributed by atoms with E-state index in [1.54, 1.807) is 7.11 Å². The van der Waals surface area contributed by atoms with Crippen LogP contribution in [0.4, 0.5) is 18.9 Å². The van der Waals surface area contributed by atoms with E-state index in [0.717, 1.165) is 33.6 Å². The van der Waals surface area contributed by atoms with Crippen molar-refractivity contribution in [3.8, 4) is 11.5 Å². The number of aromatic hydroxyl groups is 1. The number of carboxylic acids is 1. The predicted octanol–water partition coefficient (Wildman–Crippen LogP) is 6.09. The van der Waals surface area contributed by atoms with Crippen molar-refractivity contribution in [1.29, 1.82) is 0 Å². The first kappa shape index (κ1) is 25.4. The van der Waals surface area contributed by atoms with Gasteiger partial charge in [0.25, 0.3) is 0 Å². The van der Waals surface area contributed by atoms with Gasteiger partial charge in [0.15, 0.2) is 0 Å². The summed E-state index contributed by atoms with van der Waals surface area (Å²) in [6.45, 7) is 1.92. The number of aliphatic carboxylic acids is 1. The van der Waals surface area contributed by atoms with E-state index in [1.165, 1.54) is 0 Å². The third-order valence-corrected chi connectivity index (χ3v) is 5.07. The zero-order valence-electron chi connectivity index (χ0n) is 18.9. The summed E-state index contributed by atoms with van der Waals surface area (Å²) in [6.07, 6.45) is -5.08. The van der Waals surface area contributed by atoms with Crippen LogP contribution < -0.4 is 10.1 Å². The fraction of sp³-hybridized carbons (Fsp3) is 0.154. The van der Waals surface area contributed by atoms with E-state index in [9.17, 15) is 18.3 Å². The Bertz CT molecular complexity index is 1310. The predicted molar refractivity (Wildman–Crippen MR) is 127 cm³/mol. The van der Waals surface area contributed by atoms with Gasteiger partial charge in [-0.25, -0.2) is 9.78 Å². The number of aromatic nitrogens is 1. The van der Waals surface area contributed by atoms with Crippen LogP contribution in [-0.2, 0) is 4.79 Å². The highest BCUT2D eigenvalue weighted by Crippen LogP contribution is 2.37. The molecule has 3 aromatic carbocycles. The van der Waals surface area contributed by atoms with E-state index in [1.807, 2.05) is 85.8 Å². The highest BCUT2D eigenvalue weighted by atomic mass is 19.4. The van der Waals surface area contributed by atoms with E-state index < -0.39 is 12.1 Å². The molecule has 0 aliphatic rings. The average molecular weight is 484 g/mol. The maximum absolute atomic E-state index is 11.1. The summed E-state index contributed by atoms with van der Waals surface area (Å²) in [6, 6.07) is 25.4. The Morgan fingerprint density at radius 3 is 2.29 bits per heavy atom. The van der Waals surface area contributed by atoms with E-state index in [0.29, 0.717) is 5.52 Å². The molecule has 0 saturated heterocycles. The first-order chi connectivity index (χ1) is 16.6. The summed E-state index contributed by atoms with van der Waals surface area (Å²) in [5.74, 6) is -1.79. The molecule has 0 fully saturated rings. The molecule has 0 amide bonds. The number of fused-ring (bicyclic) bond motifs is 1. The number of aryl methyl sites for hydroxylation is 1. The molecular formula is C26H23F3N2O4. The van der Waals surface area contributed by atoms with Crippen molar-refractivity contribution in [3.63, 3.8) is 0 Å². The van der Waals surface area contributed by atoms with Crippen LogP contribution in [0.3, 0.4) is 0 Å². The second kappa shape index (κ2) is 10.8. The van der Waals surface area contributed by atoms with Gasteiger partial charge >= 0.3 is 12.1 Å². The Hall–Kier alpha value is -4.27. The number of nitrogens with zero attached hydrogens (tertiary/aromatic N) is 1. The van der Waals surface area contributed by atoms with Crippen molar-refractivity contribution in [2.45, 2.75) is 19.1 Å². The number of ether oxygens (including phenoxy) is 1. The summed E-state index contributed by atoms with van der Waals surface area (Å²) in [5, 5.41) is 22.7. The minimum atomic E-state index is -5.08. The Labute approximate surface area is 199 Å². The molecule has 35 heavy (non-hydrogen) atoms. The van der Waals surface area contributed by atoms with Gasteiger partial charge in [0, 0.05) is 22.3 Å². The minimum Gasteiger partial charge on any atom is -0.505 e. The number of halogens is 3. The third kappa shape index (κ3) is 6.41. The molecule has 3 N–H and O–H groups in total. The Morgan fingerprint density at radius 2 is 1.66 bits per heavy atom. The van der Waals surface area contributed by atoms with Crippen LogP contribution in [0.25, 0.3) is 10.9 Å². The Kier molecular flexibility index (Phi) is 7.80. The molecule has 1 aromatic heterocycles. The maximum atomic E-state index is 11.1. The maximum Gasteiger partial charge on any atom is 0.490 e. The summed E-state index contributed by atoms with van der Waals surface area (Å²) in [4.78, 5) is 13.4. The Morgan fingerprint density at radius 1 is 1.00 bits per heavy atom. The SMILES string of the molecule is COc1cccc(C(Nc2ccccc2)c2ccc3ccc(C)nc3c2O)c1.O=C(O)C(F)(F)F. The van der Waals surface area contributed by atoms with Crippen molar-refractivity contribution < 1.29 is 32.9 Å². The van der Waals surface area contributed by atoms with E-state index in [2.05, 4.69) is 10.3 Å². The van der Waals surface area contributed by atoms with Crippen LogP contribution in [0.15, 0.2) is 78.9 Å². The van der Waals surface area contributed by atoms with E-state index in [4.69, 9.17) is 14.6 Å². The number of benzene rings is 3. The molecule has 1 unspecified atom stereocenters. The van der Waals surface area contributed by atoms with Gasteiger partial charge in [-0.05, 0) is 42.8 Å². The lowest BCUT2D eigenvalue weighted by Gasteiger charge is -2.23. The van der Waals surface area contributed by atoms with Gasteiger partial charge in [-0.2, -0.15) is 13.2 Å². The number of pyridine rings is 1. The molecule has 0 bridgehead atoms. The number of carbonyl (C=O) groups is 1. The standard InChI is InChI=1S/C24H22N2O2.C2HF3O2/c1-16-11-12-17-13-14-21(24(27)23(17)25-16)22(26-19-8-4-3-5-9-19)18-7-6-10-20(15-18)28-2;3-2(4,5)1(6)7/h3-15,22,26-27H,1-2H3;(H,6,7). The number of phenolic OH excluding ortho intramolecular Hbond substituents is 1. The second-order valence-electron chi connectivity index (χ2n) is 7.55. The van der Waals surface area contributed by atoms with Crippen LogP contribution >= 0.6 is 0 Å². The molecule has 0 aliphatic heterocycles. The van der Waals surface area contributed by atoms with Crippen molar-refractivity contribution in [2.24, 2.45) is 0 Å². The molecule has 6 nitrogen and oxygen atoms in total. The first-order valence-electron chi connectivity index (χ1n) is 10.4. The lowest BCUT2D eigenvalue weighted by Crippen LogP contribution is -2.21. The average Bonchev–Trinajstić information content (AvgIpc) is 2.84. The molecule has 0 saturated carbocycles. The molecule has 0 aliphatic carbocycles. The largest absolute Gasteiger partial charge is 0.505 e. The number of anilines is 1. The lowest BCUT2D eigenvalue weighted by molar-refractivity contribution is -0.192. The summed E-state index contributed by atoms with van der Waals surface area (Å²) >= 11 is 0. The van der Waals surface area contributed by atoms with Gasteiger partial charge in [0.05, 0.1) is 13.2 Å². The van der Waals surface area contributed by atoms with Gasteiger partial charge in [-0.15, -0.1) is 0 Å². The van der Waals surface area contributed by atoms with Crippen molar-refractivity contribution in [1.82, 2.24) is 4.98 Å². The number of alkyl halides is 3. The molecule has 0 spiro atoms. The monoisotopic (exact) mass is 484 g/mol. The zero-order valence-corrected chi connectivity index (χ0v) is 18.9. The second-order valence-corrected chi connectivity index (χ2v) is 7.55. The summed E-state index contributed by atoms with van der Waals surface area (Å²) in [7, 11) is 1.65. The summed E-state index contributed by atoms with van der Waals surface area (Å²) in [5.41, 5.74) is 4.20. The molecule has 4 rings (SSSR count). The number of hydrogen-bond donors (Lipinski definition) is 3. The number of hydrogen-bond acceptors (Lipinski definition) is 5. The van der Waals surface area contributed by atoms with Gasteiger partial charge < -0.3 is 20.3 Å². The van der Waals surface area contributed by atoms with Gasteiger partial charge in [0.2, 0.25) is 0 Å². The van der Waals surface area contributed by atoms with Crippen molar-refractivity contribution in [3.05, 3.63) is 95.7 Å². The number of para-hydroxylation sites is 1. The van der Waals surface area contributed by atoms with Crippen molar-refractivity contribution in [2.75, 3.05) is 12.4 Å². The molecule has 9 heteroatoms. The van der Waals surface area contributed by atoms with E-state index >= 15 is 0 Å². The van der Waals surface area contributed by atoms with Crippen LogP contribution in [0, 0.1) is 6.92 Å². The summed E-state index contributed by atoms with van der Waals surface area (Å²) < 4.78 is 37.1.